The van der Waals surface area contributed by atoms with Crippen LogP contribution in [0.5, 0.6) is 0 Å². The highest BCUT2D eigenvalue weighted by molar-refractivity contribution is 8.18. The maximum absolute atomic E-state index is 12.2. The molecule has 0 aromatic rings. The van der Waals surface area contributed by atoms with Gasteiger partial charge < -0.3 is 5.32 Å². The number of hydrogen-bond donors (Lipinski definition) is 1. The van der Waals surface area contributed by atoms with Crippen molar-refractivity contribution in [2.24, 2.45) is 5.92 Å². The lowest BCUT2D eigenvalue weighted by molar-refractivity contribution is 0.528. The van der Waals surface area contributed by atoms with Crippen molar-refractivity contribution in [3.63, 3.8) is 0 Å². The minimum atomic E-state index is -3.24. The standard InChI is InChI=1S/C11H20N2O2S2/c1-8-9-4-6-12-7-5-10(9)16-11(8)17(14,15)13(2)3/h9-10,12H,4-7H2,1-3H3. The van der Waals surface area contributed by atoms with Crippen molar-refractivity contribution >= 4 is 21.8 Å². The largest absolute Gasteiger partial charge is 0.317 e. The molecule has 0 aromatic heterocycles. The van der Waals surface area contributed by atoms with E-state index in [1.54, 1.807) is 25.9 Å². The first-order valence-corrected chi connectivity index (χ1v) is 8.27. The Hall–Kier alpha value is -0.0400. The van der Waals surface area contributed by atoms with Gasteiger partial charge in [-0.2, -0.15) is 0 Å². The zero-order valence-electron chi connectivity index (χ0n) is 10.6. The summed E-state index contributed by atoms with van der Waals surface area (Å²) in [6.45, 7) is 3.98. The van der Waals surface area contributed by atoms with Crippen LogP contribution in [0.15, 0.2) is 9.81 Å². The van der Waals surface area contributed by atoms with Crippen LogP contribution < -0.4 is 5.32 Å². The zero-order chi connectivity index (χ0) is 12.6. The Kier molecular flexibility index (Phi) is 3.87. The zero-order valence-corrected chi connectivity index (χ0v) is 12.2. The van der Waals surface area contributed by atoms with Gasteiger partial charge in [-0.1, -0.05) is 0 Å². The molecule has 0 spiro atoms. The second-order valence-corrected chi connectivity index (χ2v) is 8.44. The van der Waals surface area contributed by atoms with E-state index in [4.69, 9.17) is 0 Å². The predicted octanol–water partition coefficient (Wildman–Crippen LogP) is 1.22. The molecule has 0 aliphatic carbocycles. The maximum Gasteiger partial charge on any atom is 0.248 e. The molecular formula is C11H20N2O2S2. The molecule has 98 valence electrons. The number of nitrogens with one attached hydrogen (secondary N) is 1. The Balaban J connectivity index is 2.31. The second-order valence-electron chi connectivity index (χ2n) is 4.85. The van der Waals surface area contributed by atoms with Crippen molar-refractivity contribution in [1.29, 1.82) is 0 Å². The van der Waals surface area contributed by atoms with Crippen LogP contribution >= 0.6 is 11.8 Å². The molecule has 1 fully saturated rings. The van der Waals surface area contributed by atoms with Gasteiger partial charge in [0.15, 0.2) is 0 Å². The molecule has 2 heterocycles. The molecule has 2 rings (SSSR count). The molecule has 1 N–H and O–H groups in total. The molecule has 0 radical (unpaired) electrons. The fourth-order valence-electron chi connectivity index (χ4n) is 2.46. The van der Waals surface area contributed by atoms with Crippen LogP contribution in [0, 0.1) is 5.92 Å². The topological polar surface area (TPSA) is 49.4 Å². The van der Waals surface area contributed by atoms with E-state index in [1.807, 2.05) is 6.92 Å². The molecule has 2 atom stereocenters. The van der Waals surface area contributed by atoms with Crippen molar-refractivity contribution < 1.29 is 8.42 Å². The van der Waals surface area contributed by atoms with Crippen LogP contribution in [0.2, 0.25) is 0 Å². The average molecular weight is 276 g/mol. The van der Waals surface area contributed by atoms with Crippen molar-refractivity contribution in [2.75, 3.05) is 27.2 Å². The van der Waals surface area contributed by atoms with Crippen molar-refractivity contribution in [2.45, 2.75) is 25.0 Å². The molecule has 0 aromatic carbocycles. The summed E-state index contributed by atoms with van der Waals surface area (Å²) in [4.78, 5) is 0. The first kappa shape index (κ1) is 13.4. The van der Waals surface area contributed by atoms with Crippen LogP contribution in [0.4, 0.5) is 0 Å². The van der Waals surface area contributed by atoms with Crippen LogP contribution in [-0.2, 0) is 10.0 Å². The van der Waals surface area contributed by atoms with Gasteiger partial charge in [-0.25, -0.2) is 12.7 Å². The number of thioether (sulfide) groups is 1. The number of allylic oxidation sites excluding steroid dienone is 1. The molecule has 0 amide bonds. The molecule has 17 heavy (non-hydrogen) atoms. The highest BCUT2D eigenvalue weighted by atomic mass is 32.3. The van der Waals surface area contributed by atoms with Gasteiger partial charge in [-0.3, -0.25) is 0 Å². The number of hydrogen-bond acceptors (Lipinski definition) is 4. The van der Waals surface area contributed by atoms with Gasteiger partial charge in [0.25, 0.3) is 0 Å². The third-order valence-electron chi connectivity index (χ3n) is 3.54. The Morgan fingerprint density at radius 2 is 1.94 bits per heavy atom. The second kappa shape index (κ2) is 4.91. The van der Waals surface area contributed by atoms with Gasteiger partial charge >= 0.3 is 0 Å². The molecule has 2 aliphatic heterocycles. The Bertz CT molecular complexity index is 429. The summed E-state index contributed by atoms with van der Waals surface area (Å²) in [5.41, 5.74) is 1.07. The Morgan fingerprint density at radius 3 is 2.59 bits per heavy atom. The number of fused-ring (bicyclic) bond motifs is 1. The van der Waals surface area contributed by atoms with Crippen molar-refractivity contribution in [1.82, 2.24) is 9.62 Å². The highest BCUT2D eigenvalue weighted by Gasteiger charge is 2.39. The van der Waals surface area contributed by atoms with Crippen molar-refractivity contribution in [3.05, 3.63) is 9.81 Å². The summed E-state index contributed by atoms with van der Waals surface area (Å²) >= 11 is 1.56. The minimum absolute atomic E-state index is 0.430. The average Bonchev–Trinajstić information content (AvgIpc) is 2.47. The molecule has 4 nitrogen and oxygen atoms in total. The fourth-order valence-corrected chi connectivity index (χ4v) is 6.01. The van der Waals surface area contributed by atoms with Crippen LogP contribution in [0.25, 0.3) is 0 Å². The van der Waals surface area contributed by atoms with Gasteiger partial charge in [0, 0.05) is 19.3 Å². The van der Waals surface area contributed by atoms with E-state index in [1.165, 1.54) is 4.31 Å². The highest BCUT2D eigenvalue weighted by Crippen LogP contribution is 2.48. The molecule has 6 heteroatoms. The third kappa shape index (κ3) is 2.41. The summed E-state index contributed by atoms with van der Waals surface area (Å²) in [6, 6.07) is 0. The smallest absolute Gasteiger partial charge is 0.248 e. The van der Waals surface area contributed by atoms with E-state index >= 15 is 0 Å². The van der Waals surface area contributed by atoms with E-state index in [0.29, 0.717) is 15.4 Å². The summed E-state index contributed by atoms with van der Waals surface area (Å²) in [5.74, 6) is 0.430. The Labute approximate surface area is 108 Å². The molecular weight excluding hydrogens is 256 g/mol. The van der Waals surface area contributed by atoms with Gasteiger partial charge in [0.1, 0.15) is 4.24 Å². The minimum Gasteiger partial charge on any atom is -0.317 e. The van der Waals surface area contributed by atoms with Crippen LogP contribution in [0.1, 0.15) is 19.8 Å². The summed E-state index contributed by atoms with van der Waals surface area (Å²) in [6.07, 6.45) is 2.11. The molecule has 1 saturated heterocycles. The number of sulfonamides is 1. The summed E-state index contributed by atoms with van der Waals surface area (Å²) in [5, 5.41) is 3.82. The molecule has 0 saturated carbocycles. The van der Waals surface area contributed by atoms with E-state index in [0.717, 1.165) is 31.5 Å². The van der Waals surface area contributed by atoms with Crippen LogP contribution in [0.3, 0.4) is 0 Å². The van der Waals surface area contributed by atoms with E-state index in [2.05, 4.69) is 5.32 Å². The molecule has 0 bridgehead atoms. The quantitative estimate of drug-likeness (QED) is 0.824. The third-order valence-corrected chi connectivity index (χ3v) is 7.61. The fraction of sp³-hybridized carbons (Fsp3) is 0.818. The lowest BCUT2D eigenvalue weighted by Crippen LogP contribution is -2.23. The monoisotopic (exact) mass is 276 g/mol. The van der Waals surface area contributed by atoms with Gasteiger partial charge in [-0.15, -0.1) is 11.8 Å². The number of nitrogens with zero attached hydrogens (tertiary/aromatic N) is 1. The summed E-state index contributed by atoms with van der Waals surface area (Å²) < 4.78 is 26.3. The SMILES string of the molecule is CC1=C(S(=O)(=O)N(C)C)SC2CCNCCC12. The summed E-state index contributed by atoms with van der Waals surface area (Å²) in [7, 11) is -0.0342. The van der Waals surface area contributed by atoms with E-state index in [9.17, 15) is 8.42 Å². The van der Waals surface area contributed by atoms with E-state index in [-0.39, 0.29) is 0 Å². The predicted molar refractivity (Wildman–Crippen MR) is 72.3 cm³/mol. The van der Waals surface area contributed by atoms with Gasteiger partial charge in [0.2, 0.25) is 10.0 Å². The lowest BCUT2D eigenvalue weighted by Gasteiger charge is -2.15. The molecule has 2 unspecified atom stereocenters. The van der Waals surface area contributed by atoms with Gasteiger partial charge in [-0.05, 0) is 44.3 Å². The molecule has 2 aliphatic rings. The lowest BCUT2D eigenvalue weighted by atomic mass is 9.94. The normalized spacial score (nSPS) is 30.6. The number of rotatable bonds is 2. The van der Waals surface area contributed by atoms with E-state index < -0.39 is 10.0 Å². The maximum atomic E-state index is 12.2. The van der Waals surface area contributed by atoms with Crippen LogP contribution in [-0.4, -0.2) is 45.2 Å². The van der Waals surface area contributed by atoms with Gasteiger partial charge in [0.05, 0.1) is 0 Å². The van der Waals surface area contributed by atoms with Crippen molar-refractivity contribution in [3.8, 4) is 0 Å². The first-order valence-electron chi connectivity index (χ1n) is 5.95. The first-order chi connectivity index (χ1) is 7.94. The Morgan fingerprint density at radius 1 is 1.29 bits per heavy atom.